The molecule has 2 rings (SSSR count). The molecule has 0 bridgehead atoms. The van der Waals surface area contributed by atoms with E-state index in [9.17, 15) is 4.79 Å². The van der Waals surface area contributed by atoms with Crippen LogP contribution in [-0.2, 0) is 4.79 Å². The summed E-state index contributed by atoms with van der Waals surface area (Å²) in [4.78, 5) is 15.0. The van der Waals surface area contributed by atoms with Gasteiger partial charge in [-0.2, -0.15) is 0 Å². The van der Waals surface area contributed by atoms with Gasteiger partial charge in [0.15, 0.2) is 5.82 Å². The second kappa shape index (κ2) is 3.18. The van der Waals surface area contributed by atoms with Crippen LogP contribution in [0.3, 0.4) is 0 Å². The van der Waals surface area contributed by atoms with Crippen molar-refractivity contribution in [2.75, 3.05) is 5.32 Å². The molecule has 0 aliphatic heterocycles. The Morgan fingerprint density at radius 2 is 2.29 bits per heavy atom. The molecule has 70 valence electrons. The fourth-order valence-corrected chi connectivity index (χ4v) is 1.34. The quantitative estimate of drug-likeness (QED) is 0.614. The molecule has 0 fully saturated rings. The molecule has 0 atom stereocenters. The molecule has 2 aromatic heterocycles. The van der Waals surface area contributed by atoms with E-state index in [1.165, 1.54) is 6.92 Å². The van der Waals surface area contributed by atoms with Crippen molar-refractivity contribution < 1.29 is 4.79 Å². The van der Waals surface area contributed by atoms with Gasteiger partial charge < -0.3 is 9.72 Å². The number of aromatic nitrogens is 2. The molecule has 2 aromatic rings. The fourth-order valence-electron chi connectivity index (χ4n) is 1.34. The summed E-state index contributed by atoms with van der Waals surface area (Å²) in [5.41, 5.74) is 1.99. The maximum absolute atomic E-state index is 10.8. The topological polar surface area (TPSA) is 46.4 Å². The van der Waals surface area contributed by atoms with Crippen molar-refractivity contribution >= 4 is 30.7 Å². The third-order valence-corrected chi connectivity index (χ3v) is 1.90. The van der Waals surface area contributed by atoms with E-state index in [1.54, 1.807) is 6.20 Å². The lowest BCUT2D eigenvalue weighted by Crippen LogP contribution is -2.05. The van der Waals surface area contributed by atoms with Gasteiger partial charge in [-0.25, -0.2) is 4.98 Å². The largest absolute Gasteiger partial charge is 0.310 e. The predicted molar refractivity (Wildman–Crippen MR) is 57.7 cm³/mol. The molecule has 0 radical (unpaired) electrons. The number of pyridine rings is 1. The van der Waals surface area contributed by atoms with Crippen molar-refractivity contribution in [3.63, 3.8) is 0 Å². The lowest BCUT2D eigenvalue weighted by molar-refractivity contribution is -0.114. The molecule has 2 heterocycles. The number of nitrogens with zero attached hydrogens (tertiary/aromatic N) is 2. The van der Waals surface area contributed by atoms with Crippen molar-refractivity contribution in [2.24, 2.45) is 0 Å². The first-order valence-corrected chi connectivity index (χ1v) is 4.38. The molecule has 0 saturated carbocycles. The van der Waals surface area contributed by atoms with Gasteiger partial charge in [0, 0.05) is 13.1 Å². The summed E-state index contributed by atoms with van der Waals surface area (Å²) in [5.74, 6) is 0.480. The van der Waals surface area contributed by atoms with Crippen LogP contribution in [0.25, 0.3) is 5.65 Å². The van der Waals surface area contributed by atoms with Crippen LogP contribution in [0.2, 0.25) is 0 Å². The van der Waals surface area contributed by atoms with Gasteiger partial charge in [0.05, 0.1) is 6.20 Å². The minimum atomic E-state index is -0.106. The van der Waals surface area contributed by atoms with Crippen molar-refractivity contribution in [1.29, 1.82) is 0 Å². The Morgan fingerprint density at radius 3 is 3.00 bits per heavy atom. The summed E-state index contributed by atoms with van der Waals surface area (Å²) in [7, 11) is 2.01. The highest BCUT2D eigenvalue weighted by molar-refractivity contribution is 6.32. The number of amides is 1. The van der Waals surface area contributed by atoms with Crippen LogP contribution in [0.15, 0.2) is 24.5 Å². The van der Waals surface area contributed by atoms with Crippen LogP contribution in [0, 0.1) is 0 Å². The Morgan fingerprint density at radius 1 is 1.50 bits per heavy atom. The molecule has 5 heteroatoms. The van der Waals surface area contributed by atoms with Crippen LogP contribution in [0.5, 0.6) is 0 Å². The molecule has 0 unspecified atom stereocenters. The first-order valence-electron chi connectivity index (χ1n) is 4.38. The monoisotopic (exact) mass is 187 g/mol. The molecule has 0 spiro atoms. The summed E-state index contributed by atoms with van der Waals surface area (Å²) < 4.78 is 1.89. The van der Waals surface area contributed by atoms with Crippen LogP contribution in [0.4, 0.5) is 5.82 Å². The van der Waals surface area contributed by atoms with Crippen LogP contribution >= 0.6 is 0 Å². The van der Waals surface area contributed by atoms with Gasteiger partial charge in [0.25, 0.3) is 0 Å². The van der Waals surface area contributed by atoms with Crippen LogP contribution < -0.4 is 10.8 Å². The summed E-state index contributed by atoms with van der Waals surface area (Å²) in [6.45, 7) is 1.47. The Kier molecular flexibility index (Phi) is 2.00. The zero-order valence-corrected chi connectivity index (χ0v) is 8.11. The second-order valence-electron chi connectivity index (χ2n) is 3.28. The molecule has 1 N–H and O–H groups in total. The maximum atomic E-state index is 10.8. The normalized spacial score (nSPS) is 10.4. The van der Waals surface area contributed by atoms with Gasteiger partial charge in [-0.1, -0.05) is 11.5 Å². The van der Waals surface area contributed by atoms with E-state index < -0.39 is 0 Å². The van der Waals surface area contributed by atoms with Crippen molar-refractivity contribution in [2.45, 2.75) is 6.92 Å². The minimum Gasteiger partial charge on any atom is -0.310 e. The van der Waals surface area contributed by atoms with E-state index in [4.69, 9.17) is 0 Å². The molecule has 4 nitrogen and oxygen atoms in total. The highest BCUT2D eigenvalue weighted by Gasteiger charge is 2.01. The average Bonchev–Trinajstić information content (AvgIpc) is 2.44. The number of rotatable bonds is 1. The molecule has 14 heavy (non-hydrogen) atoms. The van der Waals surface area contributed by atoms with Crippen molar-refractivity contribution in [3.8, 4) is 0 Å². The number of anilines is 1. The molecule has 0 aliphatic carbocycles. The standard InChI is InChI=1S/C9H10BN3O/c1-6(14)11-8-5-13-4-7(10)2-3-9(13)12-8/h2-5H,10H2,1H3,(H,11,14). The first-order chi connectivity index (χ1) is 6.65. The van der Waals surface area contributed by atoms with E-state index in [0.29, 0.717) is 5.82 Å². The maximum Gasteiger partial charge on any atom is 0.222 e. The zero-order valence-electron chi connectivity index (χ0n) is 8.11. The molecular formula is C9H10BN3O. The van der Waals surface area contributed by atoms with Gasteiger partial charge in [0.1, 0.15) is 13.5 Å². The van der Waals surface area contributed by atoms with Crippen molar-refractivity contribution in [1.82, 2.24) is 9.38 Å². The van der Waals surface area contributed by atoms with E-state index in [2.05, 4.69) is 10.3 Å². The molecular weight excluding hydrogens is 177 g/mol. The highest BCUT2D eigenvalue weighted by Crippen LogP contribution is 2.07. The van der Waals surface area contributed by atoms with E-state index in [0.717, 1.165) is 11.1 Å². The van der Waals surface area contributed by atoms with Gasteiger partial charge >= 0.3 is 0 Å². The predicted octanol–water partition coefficient (Wildman–Crippen LogP) is -0.449. The van der Waals surface area contributed by atoms with E-state index in [-0.39, 0.29) is 5.91 Å². The van der Waals surface area contributed by atoms with Gasteiger partial charge in [0.2, 0.25) is 5.91 Å². The number of carbonyl (C=O) groups excluding carboxylic acids is 1. The van der Waals surface area contributed by atoms with E-state index >= 15 is 0 Å². The number of hydrogen-bond acceptors (Lipinski definition) is 2. The zero-order chi connectivity index (χ0) is 10.1. The third kappa shape index (κ3) is 1.61. The number of carbonyl (C=O) groups is 1. The Hall–Kier alpha value is -1.78. The van der Waals surface area contributed by atoms with Crippen molar-refractivity contribution in [3.05, 3.63) is 24.5 Å². The molecule has 0 saturated heterocycles. The smallest absolute Gasteiger partial charge is 0.222 e. The van der Waals surface area contributed by atoms with Gasteiger partial charge in [-0.15, -0.1) is 0 Å². The minimum absolute atomic E-state index is 0.106. The third-order valence-electron chi connectivity index (χ3n) is 1.90. The van der Waals surface area contributed by atoms with Gasteiger partial charge in [-0.3, -0.25) is 4.79 Å². The second-order valence-corrected chi connectivity index (χ2v) is 3.28. The summed E-state index contributed by atoms with van der Waals surface area (Å²) in [6.07, 6.45) is 3.76. The van der Waals surface area contributed by atoms with E-state index in [1.807, 2.05) is 30.6 Å². The number of nitrogens with one attached hydrogen (secondary N) is 1. The summed E-state index contributed by atoms with van der Waals surface area (Å²) in [6, 6.07) is 3.90. The first kappa shape index (κ1) is 8.81. The Balaban J connectivity index is 2.46. The SMILES string of the molecule is Bc1ccc2nc(NC(C)=O)cn2c1. The summed E-state index contributed by atoms with van der Waals surface area (Å²) >= 11 is 0. The molecule has 0 aromatic carbocycles. The lowest BCUT2D eigenvalue weighted by atomic mass is 9.99. The highest BCUT2D eigenvalue weighted by atomic mass is 16.1. The van der Waals surface area contributed by atoms with Crippen LogP contribution in [0.1, 0.15) is 6.92 Å². The average molecular weight is 187 g/mol. The number of imidazole rings is 1. The fraction of sp³-hybridized carbons (Fsp3) is 0.111. The Labute approximate surface area is 82.4 Å². The number of hydrogen-bond donors (Lipinski definition) is 1. The van der Waals surface area contributed by atoms with Crippen LogP contribution in [-0.4, -0.2) is 23.1 Å². The number of fused-ring (bicyclic) bond motifs is 1. The molecule has 1 amide bonds. The summed E-state index contributed by atoms with van der Waals surface area (Å²) in [5, 5.41) is 2.64. The van der Waals surface area contributed by atoms with Gasteiger partial charge in [-0.05, 0) is 6.07 Å². The molecule has 0 aliphatic rings. The lowest BCUT2D eigenvalue weighted by Gasteiger charge is -1.93. The Bertz CT molecular complexity index is 492.